The molecule has 3 N–H and O–H groups in total. The number of nitrogens with one attached hydrogen (secondary N) is 3. The van der Waals surface area contributed by atoms with Gasteiger partial charge in [0.25, 0.3) is 0 Å². The van der Waals surface area contributed by atoms with Crippen molar-refractivity contribution < 1.29 is 17.9 Å². The molecule has 170 valence electrons. The van der Waals surface area contributed by atoms with E-state index < -0.39 is 21.7 Å². The van der Waals surface area contributed by atoms with Crippen LogP contribution >= 0.6 is 0 Å². The Labute approximate surface area is 176 Å². The molecule has 0 aromatic carbocycles. The standard InChI is InChI=1S/C19H39N5O4S/c1-6-8-10-16(15-22-18(25)28-19(3,4)5)23-17(20-7-2)21-11-13-24-12-9-14-29(24,26)27/h16H,6-15H2,1-5H3,(H,22,25)(H2,20,21,23). The van der Waals surface area contributed by atoms with Gasteiger partial charge in [-0.1, -0.05) is 19.8 Å². The fourth-order valence-electron chi connectivity index (χ4n) is 2.93. The van der Waals surface area contributed by atoms with Gasteiger partial charge in [0.15, 0.2) is 5.96 Å². The number of hydrogen-bond acceptors (Lipinski definition) is 5. The lowest BCUT2D eigenvalue weighted by molar-refractivity contribution is 0.0522. The number of carbonyl (C=O) groups is 1. The molecule has 9 nitrogen and oxygen atoms in total. The largest absolute Gasteiger partial charge is 0.444 e. The highest BCUT2D eigenvalue weighted by Crippen LogP contribution is 2.12. The van der Waals surface area contributed by atoms with Crippen LogP contribution in [0, 0.1) is 0 Å². The Balaban J connectivity index is 2.63. The number of sulfonamides is 1. The second kappa shape index (κ2) is 12.2. The number of rotatable bonds is 10. The maximum atomic E-state index is 12.0. The zero-order chi connectivity index (χ0) is 21.9. The molecule has 1 heterocycles. The minimum Gasteiger partial charge on any atom is -0.444 e. The number of guanidine groups is 1. The average Bonchev–Trinajstić information content (AvgIpc) is 2.94. The summed E-state index contributed by atoms with van der Waals surface area (Å²) in [5.41, 5.74) is -0.539. The number of nitrogens with zero attached hydrogens (tertiary/aromatic N) is 2. The molecular weight excluding hydrogens is 394 g/mol. The monoisotopic (exact) mass is 433 g/mol. The molecule has 0 saturated carbocycles. The summed E-state index contributed by atoms with van der Waals surface area (Å²) in [6.07, 6.45) is 3.17. The van der Waals surface area contributed by atoms with E-state index >= 15 is 0 Å². The zero-order valence-electron chi connectivity index (χ0n) is 18.6. The van der Waals surface area contributed by atoms with Gasteiger partial charge in [0.2, 0.25) is 10.0 Å². The van der Waals surface area contributed by atoms with Crippen molar-refractivity contribution in [1.29, 1.82) is 0 Å². The number of unbranched alkanes of at least 4 members (excludes halogenated alkanes) is 1. The van der Waals surface area contributed by atoms with E-state index in [4.69, 9.17) is 4.74 Å². The number of carbonyl (C=O) groups excluding carboxylic acids is 1. The first-order chi connectivity index (χ1) is 13.6. The number of alkyl carbamates (subject to hydrolysis) is 1. The molecule has 1 saturated heterocycles. The molecule has 0 aromatic heterocycles. The number of hydrogen-bond donors (Lipinski definition) is 3. The van der Waals surface area contributed by atoms with Crippen LogP contribution in [0.4, 0.5) is 4.79 Å². The first-order valence-corrected chi connectivity index (χ1v) is 12.2. The van der Waals surface area contributed by atoms with Crippen molar-refractivity contribution in [1.82, 2.24) is 20.3 Å². The van der Waals surface area contributed by atoms with Gasteiger partial charge in [0.05, 0.1) is 12.3 Å². The lowest BCUT2D eigenvalue weighted by Gasteiger charge is -2.24. The predicted molar refractivity (Wildman–Crippen MR) is 117 cm³/mol. The third kappa shape index (κ3) is 10.7. The van der Waals surface area contributed by atoms with Gasteiger partial charge in [-0.15, -0.1) is 0 Å². The molecule has 1 rings (SSSR count). The third-order valence-corrected chi connectivity index (χ3v) is 6.26. The van der Waals surface area contributed by atoms with Crippen molar-refractivity contribution in [2.24, 2.45) is 4.99 Å². The van der Waals surface area contributed by atoms with Crippen molar-refractivity contribution in [3.05, 3.63) is 0 Å². The first kappa shape index (κ1) is 25.5. The molecule has 1 aliphatic rings. The van der Waals surface area contributed by atoms with E-state index in [0.29, 0.717) is 45.1 Å². The summed E-state index contributed by atoms with van der Waals surface area (Å²) in [5.74, 6) is 0.848. The molecular formula is C19H39N5O4S. The maximum Gasteiger partial charge on any atom is 0.407 e. The molecule has 0 bridgehead atoms. The summed E-state index contributed by atoms with van der Waals surface area (Å²) < 4.78 is 30.6. The summed E-state index contributed by atoms with van der Waals surface area (Å²) in [7, 11) is -3.10. The predicted octanol–water partition coefficient (Wildman–Crippen LogP) is 1.66. The zero-order valence-corrected chi connectivity index (χ0v) is 19.4. The fraction of sp³-hybridized carbons (Fsp3) is 0.895. The Morgan fingerprint density at radius 3 is 2.52 bits per heavy atom. The van der Waals surface area contributed by atoms with E-state index in [1.165, 1.54) is 4.31 Å². The van der Waals surface area contributed by atoms with Gasteiger partial charge in [-0.25, -0.2) is 17.5 Å². The normalized spacial score (nSPS) is 18.3. The quantitative estimate of drug-likeness (QED) is 0.357. The molecule has 1 unspecified atom stereocenters. The Bertz CT molecular complexity index is 631. The summed E-state index contributed by atoms with van der Waals surface area (Å²) in [6, 6.07) is -0.00390. The van der Waals surface area contributed by atoms with Crippen LogP contribution < -0.4 is 16.0 Å². The van der Waals surface area contributed by atoms with Gasteiger partial charge in [0.1, 0.15) is 5.60 Å². The van der Waals surface area contributed by atoms with Crippen molar-refractivity contribution in [3.8, 4) is 0 Å². The lowest BCUT2D eigenvalue weighted by atomic mass is 10.1. The van der Waals surface area contributed by atoms with E-state index in [1.54, 1.807) is 0 Å². The van der Waals surface area contributed by atoms with Crippen LogP contribution in [0.3, 0.4) is 0 Å². The molecule has 1 aliphatic heterocycles. The van der Waals surface area contributed by atoms with E-state index in [9.17, 15) is 13.2 Å². The molecule has 1 fully saturated rings. The fourth-order valence-corrected chi connectivity index (χ4v) is 4.44. The van der Waals surface area contributed by atoms with E-state index in [-0.39, 0.29) is 11.8 Å². The van der Waals surface area contributed by atoms with Crippen LogP contribution in [0.5, 0.6) is 0 Å². The molecule has 1 amide bonds. The Hall–Kier alpha value is -1.55. The maximum absolute atomic E-state index is 12.0. The van der Waals surface area contributed by atoms with Crippen LogP contribution in [-0.2, 0) is 14.8 Å². The van der Waals surface area contributed by atoms with Crippen LogP contribution in [-0.4, -0.2) is 74.9 Å². The second-order valence-corrected chi connectivity index (χ2v) is 10.3. The minimum atomic E-state index is -3.10. The van der Waals surface area contributed by atoms with Crippen molar-refractivity contribution in [3.63, 3.8) is 0 Å². The molecule has 29 heavy (non-hydrogen) atoms. The van der Waals surface area contributed by atoms with Crippen molar-refractivity contribution in [2.75, 3.05) is 38.5 Å². The summed E-state index contributed by atoms with van der Waals surface area (Å²) >= 11 is 0. The molecule has 1 atom stereocenters. The van der Waals surface area contributed by atoms with Gasteiger partial charge in [-0.2, -0.15) is 0 Å². The van der Waals surface area contributed by atoms with Gasteiger partial charge in [0, 0.05) is 32.2 Å². The summed E-state index contributed by atoms with van der Waals surface area (Å²) in [5, 5.41) is 9.36. The van der Waals surface area contributed by atoms with E-state index in [2.05, 4.69) is 27.9 Å². The SMILES string of the molecule is CCCCC(CNC(=O)OC(C)(C)C)NC(=NCCN1CCCS1(=O)=O)NCC. The van der Waals surface area contributed by atoms with E-state index in [1.807, 2.05) is 27.7 Å². The molecule has 0 radical (unpaired) electrons. The van der Waals surface area contributed by atoms with E-state index in [0.717, 1.165) is 19.3 Å². The van der Waals surface area contributed by atoms with Gasteiger partial charge in [-0.05, 0) is 40.5 Å². The molecule has 10 heteroatoms. The molecule has 0 aliphatic carbocycles. The highest BCUT2D eigenvalue weighted by molar-refractivity contribution is 7.89. The summed E-state index contributed by atoms with van der Waals surface area (Å²) in [6.45, 7) is 12.0. The average molecular weight is 434 g/mol. The highest BCUT2D eigenvalue weighted by atomic mass is 32.2. The Morgan fingerprint density at radius 1 is 1.24 bits per heavy atom. The number of amides is 1. The third-order valence-electron chi connectivity index (χ3n) is 4.31. The van der Waals surface area contributed by atoms with Gasteiger partial charge in [-0.3, -0.25) is 4.99 Å². The van der Waals surface area contributed by atoms with Crippen LogP contribution in [0.1, 0.15) is 60.3 Å². The number of ether oxygens (including phenoxy) is 1. The van der Waals surface area contributed by atoms with Crippen LogP contribution in [0.15, 0.2) is 4.99 Å². The second-order valence-electron chi connectivity index (χ2n) is 8.20. The Kier molecular flexibility index (Phi) is 10.7. The van der Waals surface area contributed by atoms with Crippen LogP contribution in [0.2, 0.25) is 0 Å². The van der Waals surface area contributed by atoms with Gasteiger partial charge < -0.3 is 20.7 Å². The van der Waals surface area contributed by atoms with Crippen molar-refractivity contribution >= 4 is 22.1 Å². The lowest BCUT2D eigenvalue weighted by Crippen LogP contribution is -2.49. The summed E-state index contributed by atoms with van der Waals surface area (Å²) in [4.78, 5) is 16.5. The van der Waals surface area contributed by atoms with Crippen LogP contribution in [0.25, 0.3) is 0 Å². The molecule has 0 aromatic rings. The van der Waals surface area contributed by atoms with Crippen molar-refractivity contribution in [2.45, 2.75) is 71.9 Å². The number of aliphatic imine (C=N–C) groups is 1. The first-order valence-electron chi connectivity index (χ1n) is 10.6. The Morgan fingerprint density at radius 2 is 1.97 bits per heavy atom. The molecule has 0 spiro atoms. The highest BCUT2D eigenvalue weighted by Gasteiger charge is 2.27. The van der Waals surface area contributed by atoms with Gasteiger partial charge >= 0.3 is 6.09 Å². The smallest absolute Gasteiger partial charge is 0.407 e. The minimum absolute atomic E-state index is 0.00390. The topological polar surface area (TPSA) is 112 Å².